The molecule has 0 spiro atoms. The van der Waals surface area contributed by atoms with E-state index in [1.54, 1.807) is 0 Å². The lowest BCUT2D eigenvalue weighted by Crippen LogP contribution is -2.31. The van der Waals surface area contributed by atoms with E-state index in [0.29, 0.717) is 50.4 Å². The van der Waals surface area contributed by atoms with E-state index in [1.165, 1.54) is 6.20 Å². The number of carbonyl (C=O) groups excluding carboxylic acids is 1. The molecule has 0 aliphatic heterocycles. The van der Waals surface area contributed by atoms with E-state index in [4.69, 9.17) is 10.8 Å². The van der Waals surface area contributed by atoms with Crippen molar-refractivity contribution in [3.8, 4) is 0 Å². The Labute approximate surface area is 144 Å². The lowest BCUT2D eigenvalue weighted by molar-refractivity contribution is -0.169. The van der Waals surface area contributed by atoms with Crippen LogP contribution >= 0.6 is 0 Å². The van der Waals surface area contributed by atoms with Crippen molar-refractivity contribution in [3.63, 3.8) is 0 Å². The number of carbonyl (C=O) groups is 1. The van der Waals surface area contributed by atoms with Gasteiger partial charge >= 0.3 is 6.61 Å². The molecule has 2 rings (SSSR count). The Balaban J connectivity index is 1.95. The van der Waals surface area contributed by atoms with E-state index >= 15 is 0 Å². The third-order valence-electron chi connectivity index (χ3n) is 3.98. The molecule has 1 aliphatic carbocycles. The molecule has 5 N–H and O–H groups in total. The van der Waals surface area contributed by atoms with Crippen molar-refractivity contribution < 1.29 is 23.4 Å². The number of nitrogens with two attached hydrogens (primary N) is 1. The Morgan fingerprint density at radius 1 is 1.40 bits per heavy atom. The zero-order chi connectivity index (χ0) is 18.2. The average molecular weight is 359 g/mol. The molecule has 1 amide bonds. The zero-order valence-electron chi connectivity index (χ0n) is 13.8. The lowest BCUT2D eigenvalue weighted by Gasteiger charge is -2.28. The van der Waals surface area contributed by atoms with E-state index in [9.17, 15) is 13.6 Å². The summed E-state index contributed by atoms with van der Waals surface area (Å²) in [6.45, 7) is -2.30. The van der Waals surface area contributed by atoms with E-state index < -0.39 is 18.6 Å². The number of ether oxygens (including phenoxy) is 1. The number of rotatable bonds is 9. The number of amides is 1. The maximum Gasteiger partial charge on any atom is 0.345 e. The normalized spacial score (nSPS) is 20.5. The summed E-state index contributed by atoms with van der Waals surface area (Å²) in [5.41, 5.74) is 5.47. The fraction of sp³-hybridized carbons (Fsp3) is 0.667. The summed E-state index contributed by atoms with van der Waals surface area (Å²) in [7, 11) is 0. The van der Waals surface area contributed by atoms with Gasteiger partial charge in [-0.3, -0.25) is 4.79 Å². The molecule has 0 radical (unpaired) electrons. The van der Waals surface area contributed by atoms with Crippen LogP contribution in [0, 0.1) is 0 Å². The number of hydrogen-bond acceptors (Lipinski definition) is 7. The molecular formula is C15H23F2N5O3. The van der Waals surface area contributed by atoms with Gasteiger partial charge in [0.2, 0.25) is 5.95 Å². The summed E-state index contributed by atoms with van der Waals surface area (Å²) in [5.74, 6) is -0.0226. The summed E-state index contributed by atoms with van der Waals surface area (Å²) in [4.78, 5) is 19.8. The van der Waals surface area contributed by atoms with Gasteiger partial charge in [-0.25, -0.2) is 4.98 Å². The highest BCUT2D eigenvalue weighted by Crippen LogP contribution is 2.25. The molecule has 0 bridgehead atoms. The third-order valence-corrected chi connectivity index (χ3v) is 3.98. The predicted octanol–water partition coefficient (Wildman–Crippen LogP) is 1.33. The van der Waals surface area contributed by atoms with Crippen LogP contribution in [0.25, 0.3) is 0 Å². The number of aliphatic hydroxyl groups excluding tert-OH is 1. The van der Waals surface area contributed by atoms with Crippen LogP contribution in [-0.4, -0.2) is 52.9 Å². The van der Waals surface area contributed by atoms with Gasteiger partial charge in [0.1, 0.15) is 5.82 Å². The minimum absolute atomic E-state index is 0.0129. The number of nitrogens with one attached hydrogen (secondary N) is 2. The molecule has 0 aromatic carbocycles. The first-order valence-corrected chi connectivity index (χ1v) is 8.21. The van der Waals surface area contributed by atoms with Gasteiger partial charge in [-0.2, -0.15) is 13.8 Å². The quantitative estimate of drug-likeness (QED) is 0.491. The average Bonchev–Trinajstić information content (AvgIpc) is 2.56. The Morgan fingerprint density at radius 3 is 2.72 bits per heavy atom. The van der Waals surface area contributed by atoms with Crippen molar-refractivity contribution in [3.05, 3.63) is 11.8 Å². The van der Waals surface area contributed by atoms with Crippen molar-refractivity contribution in [1.29, 1.82) is 0 Å². The Bertz CT molecular complexity index is 568. The number of hydrogen-bond donors (Lipinski definition) is 4. The van der Waals surface area contributed by atoms with Gasteiger partial charge in [-0.05, 0) is 32.1 Å². The van der Waals surface area contributed by atoms with Gasteiger partial charge in [0, 0.05) is 25.4 Å². The number of alkyl halides is 2. The molecule has 25 heavy (non-hydrogen) atoms. The summed E-state index contributed by atoms with van der Waals surface area (Å²) in [6.07, 6.45) is 3.79. The molecule has 1 aromatic rings. The molecule has 1 aromatic heterocycles. The van der Waals surface area contributed by atoms with Gasteiger partial charge in [0.15, 0.2) is 0 Å². The van der Waals surface area contributed by atoms with Crippen LogP contribution in [-0.2, 0) is 4.74 Å². The highest BCUT2D eigenvalue weighted by atomic mass is 19.3. The number of anilines is 2. The van der Waals surface area contributed by atoms with Gasteiger partial charge in [0.05, 0.1) is 11.7 Å². The standard InChI is InChI=1S/C15H23F2N5O3/c16-14(17)25-10-4-2-9(3-5-10)21-15-20-8-11(12(18)24)13(22-15)19-6-1-7-23/h8-10,14,23H,1-7H2,(H2,18,24)(H2,19,20,21,22)/t9-,10-. The van der Waals surface area contributed by atoms with Crippen LogP contribution in [0.15, 0.2) is 6.20 Å². The molecule has 140 valence electrons. The monoisotopic (exact) mass is 359 g/mol. The van der Waals surface area contributed by atoms with E-state index in [-0.39, 0.29) is 18.2 Å². The molecular weight excluding hydrogens is 336 g/mol. The smallest absolute Gasteiger partial charge is 0.345 e. The molecule has 1 aliphatic rings. The SMILES string of the molecule is NC(=O)c1cnc(N[C@H]2CC[C@H](OC(F)F)CC2)nc1NCCCO. The van der Waals surface area contributed by atoms with Crippen molar-refractivity contribution in [2.45, 2.75) is 50.9 Å². The second-order valence-electron chi connectivity index (χ2n) is 5.84. The van der Waals surface area contributed by atoms with Crippen LogP contribution in [0.1, 0.15) is 42.5 Å². The molecule has 0 atom stereocenters. The minimum atomic E-state index is -2.74. The van der Waals surface area contributed by atoms with E-state index in [0.717, 1.165) is 0 Å². The van der Waals surface area contributed by atoms with Gasteiger partial charge in [0.25, 0.3) is 5.91 Å². The summed E-state index contributed by atoms with van der Waals surface area (Å²) >= 11 is 0. The topological polar surface area (TPSA) is 122 Å². The second-order valence-corrected chi connectivity index (χ2v) is 5.84. The number of aromatic nitrogens is 2. The Hall–Kier alpha value is -2.07. The minimum Gasteiger partial charge on any atom is -0.396 e. The van der Waals surface area contributed by atoms with Crippen LogP contribution in [0.4, 0.5) is 20.5 Å². The van der Waals surface area contributed by atoms with Gasteiger partial charge < -0.3 is 26.2 Å². The summed E-state index contributed by atoms with van der Waals surface area (Å²) < 4.78 is 29.0. The van der Waals surface area contributed by atoms with Crippen molar-refractivity contribution >= 4 is 17.7 Å². The summed E-state index contributed by atoms with van der Waals surface area (Å²) in [6, 6.07) is 0.0437. The summed E-state index contributed by atoms with van der Waals surface area (Å²) in [5, 5.41) is 14.9. The lowest BCUT2D eigenvalue weighted by atomic mass is 9.93. The van der Waals surface area contributed by atoms with Crippen LogP contribution in [0.5, 0.6) is 0 Å². The van der Waals surface area contributed by atoms with Crippen molar-refractivity contribution in [2.24, 2.45) is 5.73 Å². The first kappa shape index (κ1) is 19.3. The van der Waals surface area contributed by atoms with Crippen LogP contribution < -0.4 is 16.4 Å². The first-order valence-electron chi connectivity index (χ1n) is 8.21. The van der Waals surface area contributed by atoms with Gasteiger partial charge in [-0.15, -0.1) is 0 Å². The molecule has 1 saturated carbocycles. The first-order chi connectivity index (χ1) is 12.0. The second kappa shape index (κ2) is 9.42. The Morgan fingerprint density at radius 2 is 2.12 bits per heavy atom. The number of primary amides is 1. The molecule has 0 saturated heterocycles. The fourth-order valence-corrected chi connectivity index (χ4v) is 2.72. The zero-order valence-corrected chi connectivity index (χ0v) is 13.8. The number of halogens is 2. The third kappa shape index (κ3) is 6.05. The van der Waals surface area contributed by atoms with Crippen molar-refractivity contribution in [2.75, 3.05) is 23.8 Å². The highest BCUT2D eigenvalue weighted by Gasteiger charge is 2.24. The van der Waals surface area contributed by atoms with Crippen molar-refractivity contribution in [1.82, 2.24) is 9.97 Å². The molecule has 1 fully saturated rings. The molecule has 8 nitrogen and oxygen atoms in total. The largest absolute Gasteiger partial charge is 0.396 e. The number of aliphatic hydroxyl groups is 1. The predicted molar refractivity (Wildman–Crippen MR) is 87.5 cm³/mol. The fourth-order valence-electron chi connectivity index (χ4n) is 2.72. The van der Waals surface area contributed by atoms with Gasteiger partial charge in [-0.1, -0.05) is 0 Å². The Kier molecular flexibility index (Phi) is 7.26. The van der Waals surface area contributed by atoms with E-state index in [1.807, 2.05) is 0 Å². The highest BCUT2D eigenvalue weighted by molar-refractivity contribution is 5.97. The molecule has 1 heterocycles. The van der Waals surface area contributed by atoms with Crippen LogP contribution in [0.3, 0.4) is 0 Å². The maximum atomic E-state index is 12.2. The van der Waals surface area contributed by atoms with E-state index in [2.05, 4.69) is 25.3 Å². The van der Waals surface area contributed by atoms with Crippen LogP contribution in [0.2, 0.25) is 0 Å². The molecule has 0 unspecified atom stereocenters. The number of nitrogens with zero attached hydrogens (tertiary/aromatic N) is 2. The molecule has 10 heteroatoms. The maximum absolute atomic E-state index is 12.2.